The van der Waals surface area contributed by atoms with Gasteiger partial charge in [0, 0.05) is 18.0 Å². The Morgan fingerprint density at radius 1 is 0.857 bits per heavy atom. The summed E-state index contributed by atoms with van der Waals surface area (Å²) in [5.41, 5.74) is 1.56. The molecule has 1 heterocycles. The second kappa shape index (κ2) is 3.33. The molecule has 2 rings (SSSR count). The molecule has 4 nitrogen and oxygen atoms in total. The molecule has 1 aromatic heterocycles. The molecule has 0 radical (unpaired) electrons. The van der Waals surface area contributed by atoms with E-state index in [1.807, 2.05) is 0 Å². The summed E-state index contributed by atoms with van der Waals surface area (Å²) in [6.07, 6.45) is 4.71. The summed E-state index contributed by atoms with van der Waals surface area (Å²) in [6, 6.07) is 4.58. The maximum atomic E-state index is 9.27. The van der Waals surface area contributed by atoms with Gasteiger partial charge in [-0.25, -0.2) is 9.97 Å². The molecule has 4 heteroatoms. The SMILES string of the molecule is Oc1ccc(-c2cncnc2)cc1O. The van der Waals surface area contributed by atoms with Crippen LogP contribution in [0.15, 0.2) is 36.9 Å². The Morgan fingerprint density at radius 2 is 1.57 bits per heavy atom. The molecule has 0 spiro atoms. The summed E-state index contributed by atoms with van der Waals surface area (Å²) in [5, 5.41) is 18.4. The molecule has 1 aromatic carbocycles. The van der Waals surface area contributed by atoms with Crippen molar-refractivity contribution in [1.29, 1.82) is 0 Å². The van der Waals surface area contributed by atoms with Crippen LogP contribution >= 0.6 is 0 Å². The van der Waals surface area contributed by atoms with Crippen LogP contribution in [-0.2, 0) is 0 Å². The van der Waals surface area contributed by atoms with Crippen molar-refractivity contribution < 1.29 is 10.2 Å². The molecular formula is C10H8N2O2. The number of hydrogen-bond acceptors (Lipinski definition) is 4. The number of benzene rings is 1. The molecule has 0 fully saturated rings. The number of phenolic OH excluding ortho intramolecular Hbond substituents is 2. The zero-order valence-corrected chi connectivity index (χ0v) is 7.25. The first kappa shape index (κ1) is 8.50. The van der Waals surface area contributed by atoms with Crippen molar-refractivity contribution in [3.63, 3.8) is 0 Å². The molecule has 0 amide bonds. The summed E-state index contributed by atoms with van der Waals surface area (Å²) < 4.78 is 0. The Kier molecular flexibility index (Phi) is 2.02. The van der Waals surface area contributed by atoms with E-state index < -0.39 is 0 Å². The Morgan fingerprint density at radius 3 is 2.21 bits per heavy atom. The topological polar surface area (TPSA) is 66.2 Å². The minimum atomic E-state index is -0.147. The van der Waals surface area contributed by atoms with Crippen molar-refractivity contribution in [3.05, 3.63) is 36.9 Å². The molecule has 70 valence electrons. The van der Waals surface area contributed by atoms with Gasteiger partial charge in [0.2, 0.25) is 0 Å². The fraction of sp³-hybridized carbons (Fsp3) is 0. The standard InChI is InChI=1S/C10H8N2O2/c13-9-2-1-7(3-10(9)14)8-4-11-6-12-5-8/h1-6,13-14H. The van der Waals surface area contributed by atoms with E-state index in [1.54, 1.807) is 18.5 Å². The summed E-state index contributed by atoms with van der Waals surface area (Å²) >= 11 is 0. The second-order valence-electron chi connectivity index (χ2n) is 2.83. The minimum absolute atomic E-state index is 0.134. The maximum absolute atomic E-state index is 9.27. The molecule has 14 heavy (non-hydrogen) atoms. The lowest BCUT2D eigenvalue weighted by Crippen LogP contribution is -1.81. The van der Waals surface area contributed by atoms with Crippen LogP contribution in [-0.4, -0.2) is 20.2 Å². The number of aromatic nitrogens is 2. The molecule has 0 saturated carbocycles. The largest absolute Gasteiger partial charge is 0.504 e. The Balaban J connectivity index is 2.48. The lowest BCUT2D eigenvalue weighted by molar-refractivity contribution is 0.404. The number of aromatic hydroxyl groups is 2. The van der Waals surface area contributed by atoms with Crippen molar-refractivity contribution in [2.24, 2.45) is 0 Å². The Labute approximate surface area is 80.5 Å². The van der Waals surface area contributed by atoms with E-state index in [1.165, 1.54) is 18.5 Å². The molecule has 0 aliphatic heterocycles. The van der Waals surface area contributed by atoms with Gasteiger partial charge in [-0.05, 0) is 17.7 Å². The van der Waals surface area contributed by atoms with Crippen LogP contribution in [0.3, 0.4) is 0 Å². The van der Waals surface area contributed by atoms with Gasteiger partial charge < -0.3 is 10.2 Å². The first-order chi connectivity index (χ1) is 6.77. The average molecular weight is 188 g/mol. The van der Waals surface area contributed by atoms with Gasteiger partial charge in [-0.1, -0.05) is 6.07 Å². The molecule has 2 aromatic rings. The van der Waals surface area contributed by atoms with Crippen molar-refractivity contribution in [2.45, 2.75) is 0 Å². The normalized spacial score (nSPS) is 10.0. The predicted molar refractivity (Wildman–Crippen MR) is 50.8 cm³/mol. The van der Waals surface area contributed by atoms with Crippen molar-refractivity contribution in [2.75, 3.05) is 0 Å². The highest BCUT2D eigenvalue weighted by Gasteiger charge is 2.02. The van der Waals surface area contributed by atoms with Gasteiger partial charge in [0.1, 0.15) is 6.33 Å². The smallest absolute Gasteiger partial charge is 0.158 e. The molecule has 0 aliphatic carbocycles. The zero-order chi connectivity index (χ0) is 9.97. The van der Waals surface area contributed by atoms with Crippen LogP contribution in [0.25, 0.3) is 11.1 Å². The van der Waals surface area contributed by atoms with Gasteiger partial charge in [-0.3, -0.25) is 0 Å². The van der Waals surface area contributed by atoms with Gasteiger partial charge in [-0.2, -0.15) is 0 Å². The zero-order valence-electron chi connectivity index (χ0n) is 7.25. The van der Waals surface area contributed by atoms with E-state index in [0.29, 0.717) is 0 Å². The van der Waals surface area contributed by atoms with Crippen LogP contribution in [0.5, 0.6) is 11.5 Å². The van der Waals surface area contributed by atoms with Gasteiger partial charge in [0.25, 0.3) is 0 Å². The molecule has 2 N–H and O–H groups in total. The van der Waals surface area contributed by atoms with Crippen LogP contribution in [0.4, 0.5) is 0 Å². The highest BCUT2D eigenvalue weighted by atomic mass is 16.3. The Bertz CT molecular complexity index is 443. The van der Waals surface area contributed by atoms with Crippen molar-refractivity contribution in [1.82, 2.24) is 9.97 Å². The predicted octanol–water partition coefficient (Wildman–Crippen LogP) is 1.55. The lowest BCUT2D eigenvalue weighted by atomic mass is 10.1. The monoisotopic (exact) mass is 188 g/mol. The van der Waals surface area contributed by atoms with Crippen LogP contribution in [0.2, 0.25) is 0 Å². The number of phenols is 2. The van der Waals surface area contributed by atoms with E-state index in [0.717, 1.165) is 11.1 Å². The first-order valence-corrected chi connectivity index (χ1v) is 4.05. The number of rotatable bonds is 1. The molecule has 0 unspecified atom stereocenters. The summed E-state index contributed by atoms with van der Waals surface area (Å²) in [6.45, 7) is 0. The maximum Gasteiger partial charge on any atom is 0.158 e. The van der Waals surface area contributed by atoms with E-state index >= 15 is 0 Å². The summed E-state index contributed by atoms with van der Waals surface area (Å²) in [5.74, 6) is -0.281. The molecule has 0 atom stereocenters. The third-order valence-corrected chi connectivity index (χ3v) is 1.87. The van der Waals surface area contributed by atoms with Crippen LogP contribution in [0.1, 0.15) is 0 Å². The van der Waals surface area contributed by atoms with E-state index in [9.17, 15) is 5.11 Å². The fourth-order valence-corrected chi connectivity index (χ4v) is 1.15. The van der Waals surface area contributed by atoms with Crippen molar-refractivity contribution in [3.8, 4) is 22.6 Å². The molecular weight excluding hydrogens is 180 g/mol. The average Bonchev–Trinajstić information content (AvgIpc) is 2.23. The molecule has 0 aliphatic rings. The van der Waals surface area contributed by atoms with Gasteiger partial charge in [-0.15, -0.1) is 0 Å². The summed E-state index contributed by atoms with van der Waals surface area (Å²) in [7, 11) is 0. The number of nitrogens with zero attached hydrogens (tertiary/aromatic N) is 2. The summed E-state index contributed by atoms with van der Waals surface area (Å²) in [4.78, 5) is 7.72. The quantitative estimate of drug-likeness (QED) is 0.666. The van der Waals surface area contributed by atoms with Crippen molar-refractivity contribution >= 4 is 0 Å². The minimum Gasteiger partial charge on any atom is -0.504 e. The Hall–Kier alpha value is -2.10. The van der Waals surface area contributed by atoms with Gasteiger partial charge in [0.05, 0.1) is 0 Å². The fourth-order valence-electron chi connectivity index (χ4n) is 1.15. The molecule has 0 saturated heterocycles. The third-order valence-electron chi connectivity index (χ3n) is 1.87. The highest BCUT2D eigenvalue weighted by Crippen LogP contribution is 2.29. The van der Waals surface area contributed by atoms with Gasteiger partial charge in [0.15, 0.2) is 11.5 Å². The van der Waals surface area contributed by atoms with Crippen LogP contribution < -0.4 is 0 Å². The van der Waals surface area contributed by atoms with Gasteiger partial charge >= 0.3 is 0 Å². The molecule has 0 bridgehead atoms. The van der Waals surface area contributed by atoms with E-state index in [4.69, 9.17) is 5.11 Å². The second-order valence-corrected chi connectivity index (χ2v) is 2.83. The third kappa shape index (κ3) is 1.50. The van der Waals surface area contributed by atoms with E-state index in [-0.39, 0.29) is 11.5 Å². The van der Waals surface area contributed by atoms with E-state index in [2.05, 4.69) is 9.97 Å². The van der Waals surface area contributed by atoms with Crippen LogP contribution in [0, 0.1) is 0 Å². The lowest BCUT2D eigenvalue weighted by Gasteiger charge is -2.02. The number of hydrogen-bond donors (Lipinski definition) is 2. The highest BCUT2D eigenvalue weighted by molar-refractivity contribution is 5.65. The first-order valence-electron chi connectivity index (χ1n) is 4.05.